The fourth-order valence-electron chi connectivity index (χ4n) is 3.30. The van der Waals surface area contributed by atoms with E-state index in [4.69, 9.17) is 0 Å². The first-order valence-corrected chi connectivity index (χ1v) is 8.18. The zero-order valence-electron chi connectivity index (χ0n) is 14.4. The fourth-order valence-corrected chi connectivity index (χ4v) is 3.30. The summed E-state index contributed by atoms with van der Waals surface area (Å²) in [5, 5.41) is 13.6. The van der Waals surface area contributed by atoms with Gasteiger partial charge in [-0.15, -0.1) is 12.4 Å². The Hall–Kier alpha value is -1.85. The van der Waals surface area contributed by atoms with E-state index >= 15 is 0 Å². The molecule has 0 aliphatic carbocycles. The molecule has 0 bridgehead atoms. The highest BCUT2D eigenvalue weighted by Gasteiger charge is 2.22. The number of nitrogens with zero attached hydrogens (tertiary/aromatic N) is 1. The number of halogens is 1. The lowest BCUT2D eigenvalue weighted by Gasteiger charge is -2.16. The summed E-state index contributed by atoms with van der Waals surface area (Å²) in [5.74, 6) is -0.0944. The van der Waals surface area contributed by atoms with Crippen molar-refractivity contribution in [2.45, 2.75) is 46.2 Å². The molecular weight excluding hydrogens is 324 g/mol. The summed E-state index contributed by atoms with van der Waals surface area (Å²) in [6.45, 7) is 7.87. The average molecular weight is 349 g/mol. The standard InChI is InChI=1S/C18H24N4O.ClH/c1-11-6-12(2)8-14(7-11)9-13(3)20-18(23)17-15-10-19-5-4-16(15)21-22-17;/h6-8,13,19H,4-5,9-10H2,1-3H3,(H,20,23)(H,21,22);1H. The van der Waals surface area contributed by atoms with Crippen LogP contribution in [0.15, 0.2) is 18.2 Å². The van der Waals surface area contributed by atoms with E-state index in [1.165, 1.54) is 16.7 Å². The molecule has 0 fully saturated rings. The van der Waals surface area contributed by atoms with Gasteiger partial charge in [-0.05, 0) is 32.8 Å². The van der Waals surface area contributed by atoms with Crippen LogP contribution in [0.5, 0.6) is 0 Å². The molecule has 2 heterocycles. The molecule has 0 saturated heterocycles. The molecule has 3 N–H and O–H groups in total. The normalized spacial score (nSPS) is 14.5. The summed E-state index contributed by atoms with van der Waals surface area (Å²) in [5.41, 5.74) is 6.38. The van der Waals surface area contributed by atoms with Gasteiger partial charge in [0.1, 0.15) is 0 Å². The topological polar surface area (TPSA) is 69.8 Å². The third-order valence-electron chi connectivity index (χ3n) is 4.22. The lowest BCUT2D eigenvalue weighted by Crippen LogP contribution is -2.35. The third kappa shape index (κ3) is 4.16. The van der Waals surface area contributed by atoms with E-state index in [1.54, 1.807) is 0 Å². The van der Waals surface area contributed by atoms with Gasteiger partial charge >= 0.3 is 0 Å². The molecule has 0 radical (unpaired) electrons. The summed E-state index contributed by atoms with van der Waals surface area (Å²) in [4.78, 5) is 12.5. The van der Waals surface area contributed by atoms with Crippen LogP contribution in [0.3, 0.4) is 0 Å². The third-order valence-corrected chi connectivity index (χ3v) is 4.22. The summed E-state index contributed by atoms with van der Waals surface area (Å²) >= 11 is 0. The number of carbonyl (C=O) groups excluding carboxylic acids is 1. The zero-order chi connectivity index (χ0) is 16.4. The van der Waals surface area contributed by atoms with Crippen LogP contribution in [-0.2, 0) is 19.4 Å². The van der Waals surface area contributed by atoms with Gasteiger partial charge in [0.15, 0.2) is 5.69 Å². The smallest absolute Gasteiger partial charge is 0.272 e. The fraction of sp³-hybridized carbons (Fsp3) is 0.444. The molecular formula is C18H25ClN4O. The summed E-state index contributed by atoms with van der Waals surface area (Å²) < 4.78 is 0. The lowest BCUT2D eigenvalue weighted by molar-refractivity contribution is 0.0934. The van der Waals surface area contributed by atoms with Crippen molar-refractivity contribution in [3.05, 3.63) is 51.8 Å². The Kier molecular flexibility index (Phi) is 6.02. The molecule has 5 nitrogen and oxygen atoms in total. The molecule has 1 amide bonds. The van der Waals surface area contributed by atoms with Crippen LogP contribution in [-0.4, -0.2) is 28.7 Å². The van der Waals surface area contributed by atoms with E-state index in [2.05, 4.69) is 52.9 Å². The van der Waals surface area contributed by atoms with E-state index in [9.17, 15) is 4.79 Å². The van der Waals surface area contributed by atoms with Crippen molar-refractivity contribution in [1.82, 2.24) is 20.8 Å². The van der Waals surface area contributed by atoms with E-state index in [0.717, 1.165) is 30.6 Å². The van der Waals surface area contributed by atoms with Crippen LogP contribution >= 0.6 is 12.4 Å². The minimum Gasteiger partial charge on any atom is -0.348 e. The number of amides is 1. The Balaban J connectivity index is 0.00000208. The Morgan fingerprint density at radius 3 is 2.71 bits per heavy atom. The highest BCUT2D eigenvalue weighted by molar-refractivity contribution is 5.94. The van der Waals surface area contributed by atoms with Crippen LogP contribution in [0.4, 0.5) is 0 Å². The molecule has 1 unspecified atom stereocenters. The van der Waals surface area contributed by atoms with Crippen LogP contribution in [0.25, 0.3) is 0 Å². The second-order valence-corrected chi connectivity index (χ2v) is 6.53. The summed E-state index contributed by atoms with van der Waals surface area (Å²) in [6.07, 6.45) is 1.72. The number of hydrogen-bond donors (Lipinski definition) is 3. The zero-order valence-corrected chi connectivity index (χ0v) is 15.2. The van der Waals surface area contributed by atoms with Crippen LogP contribution in [0.2, 0.25) is 0 Å². The van der Waals surface area contributed by atoms with Gasteiger partial charge in [-0.25, -0.2) is 0 Å². The van der Waals surface area contributed by atoms with E-state index in [-0.39, 0.29) is 24.4 Å². The number of H-pyrrole nitrogens is 1. The van der Waals surface area contributed by atoms with Gasteiger partial charge in [0.2, 0.25) is 0 Å². The molecule has 3 rings (SSSR count). The van der Waals surface area contributed by atoms with E-state index < -0.39 is 0 Å². The molecule has 0 saturated carbocycles. The van der Waals surface area contributed by atoms with Crippen molar-refractivity contribution >= 4 is 18.3 Å². The van der Waals surface area contributed by atoms with E-state index in [0.29, 0.717) is 12.2 Å². The Morgan fingerprint density at radius 2 is 2.00 bits per heavy atom. The number of carbonyl (C=O) groups is 1. The first-order chi connectivity index (χ1) is 11.0. The number of fused-ring (bicyclic) bond motifs is 1. The number of nitrogens with one attached hydrogen (secondary N) is 3. The van der Waals surface area contributed by atoms with Crippen LogP contribution in [0.1, 0.15) is 45.4 Å². The van der Waals surface area contributed by atoms with Crippen molar-refractivity contribution in [2.75, 3.05) is 6.54 Å². The van der Waals surface area contributed by atoms with Gasteiger partial charge < -0.3 is 10.6 Å². The summed E-state index contributed by atoms with van der Waals surface area (Å²) in [7, 11) is 0. The molecule has 1 aromatic carbocycles. The Bertz CT molecular complexity index is 706. The Labute approximate surface area is 149 Å². The van der Waals surface area contributed by atoms with E-state index in [1.807, 2.05) is 6.92 Å². The first kappa shape index (κ1) is 18.5. The number of rotatable bonds is 4. The highest BCUT2D eigenvalue weighted by atomic mass is 35.5. The maximum absolute atomic E-state index is 12.5. The molecule has 1 aromatic heterocycles. The van der Waals surface area contributed by atoms with Crippen LogP contribution < -0.4 is 10.6 Å². The average Bonchev–Trinajstić information content (AvgIpc) is 2.89. The van der Waals surface area contributed by atoms with Gasteiger partial charge in [-0.2, -0.15) is 5.10 Å². The molecule has 130 valence electrons. The second kappa shape index (κ2) is 7.81. The molecule has 0 spiro atoms. The Morgan fingerprint density at radius 1 is 1.29 bits per heavy atom. The molecule has 24 heavy (non-hydrogen) atoms. The number of aromatic nitrogens is 2. The minimum atomic E-state index is -0.0944. The molecule has 2 aromatic rings. The van der Waals surface area contributed by atoms with Gasteiger partial charge in [0.05, 0.1) is 0 Å². The quantitative estimate of drug-likeness (QED) is 0.795. The minimum absolute atomic E-state index is 0. The largest absolute Gasteiger partial charge is 0.348 e. The van der Waals surface area contributed by atoms with Crippen molar-refractivity contribution in [3.63, 3.8) is 0 Å². The number of aromatic amines is 1. The number of benzene rings is 1. The maximum Gasteiger partial charge on any atom is 0.272 e. The number of hydrogen-bond acceptors (Lipinski definition) is 3. The predicted molar refractivity (Wildman–Crippen MR) is 97.8 cm³/mol. The van der Waals surface area contributed by atoms with Crippen molar-refractivity contribution < 1.29 is 4.79 Å². The van der Waals surface area contributed by atoms with Crippen molar-refractivity contribution in [1.29, 1.82) is 0 Å². The monoisotopic (exact) mass is 348 g/mol. The molecule has 1 atom stereocenters. The molecule has 1 aliphatic rings. The summed E-state index contributed by atoms with van der Waals surface area (Å²) in [6, 6.07) is 6.58. The van der Waals surface area contributed by atoms with Crippen molar-refractivity contribution in [2.24, 2.45) is 0 Å². The van der Waals surface area contributed by atoms with Gasteiger partial charge in [-0.1, -0.05) is 29.3 Å². The second-order valence-electron chi connectivity index (χ2n) is 6.53. The van der Waals surface area contributed by atoms with Gasteiger partial charge in [0.25, 0.3) is 5.91 Å². The van der Waals surface area contributed by atoms with Crippen molar-refractivity contribution in [3.8, 4) is 0 Å². The highest BCUT2D eigenvalue weighted by Crippen LogP contribution is 2.16. The van der Waals surface area contributed by atoms with Gasteiger partial charge in [0, 0.05) is 36.8 Å². The SMILES string of the molecule is Cc1cc(C)cc(CC(C)NC(=O)c2n[nH]c3c2CNCC3)c1.Cl. The number of aryl methyl sites for hydroxylation is 2. The lowest BCUT2D eigenvalue weighted by atomic mass is 10.0. The maximum atomic E-state index is 12.5. The first-order valence-electron chi connectivity index (χ1n) is 8.18. The molecule has 1 aliphatic heterocycles. The predicted octanol–water partition coefficient (Wildman–Crippen LogP) is 2.46. The van der Waals surface area contributed by atoms with Crippen LogP contribution in [0, 0.1) is 13.8 Å². The van der Waals surface area contributed by atoms with Gasteiger partial charge in [-0.3, -0.25) is 9.89 Å². The molecule has 6 heteroatoms.